The van der Waals surface area contributed by atoms with Gasteiger partial charge in [0.25, 0.3) is 11.8 Å². The number of benzene rings is 2. The van der Waals surface area contributed by atoms with Crippen LogP contribution in [0.15, 0.2) is 73.1 Å². The molecule has 5 rings (SSSR count). The Morgan fingerprint density at radius 2 is 1.82 bits per heavy atom. The second-order valence-corrected chi connectivity index (χ2v) is 10.7. The van der Waals surface area contributed by atoms with Gasteiger partial charge in [-0.3, -0.25) is 14.6 Å². The van der Waals surface area contributed by atoms with Gasteiger partial charge in [0, 0.05) is 67.5 Å². The van der Waals surface area contributed by atoms with Crippen molar-refractivity contribution < 1.29 is 19.4 Å². The summed E-state index contributed by atoms with van der Waals surface area (Å²) in [5.41, 5.74) is 4.89. The third kappa shape index (κ3) is 5.12. The molecule has 1 aliphatic heterocycles. The number of likely N-dealkylation sites (N-methyl/N-ethyl adjacent to an activating group) is 1. The summed E-state index contributed by atoms with van der Waals surface area (Å²) in [6, 6.07) is 19.0. The van der Waals surface area contributed by atoms with Gasteiger partial charge in [-0.15, -0.1) is 0 Å². The molecule has 2 aromatic carbocycles. The lowest BCUT2D eigenvalue weighted by molar-refractivity contribution is -0.0210. The number of carbonyl (C=O) groups is 2. The van der Waals surface area contributed by atoms with Crippen LogP contribution in [0.1, 0.15) is 40.3 Å². The molecule has 0 unspecified atom stereocenters. The lowest BCUT2D eigenvalue weighted by Crippen LogP contribution is -2.48. The summed E-state index contributed by atoms with van der Waals surface area (Å²) < 4.78 is 8.55. The van der Waals surface area contributed by atoms with Gasteiger partial charge in [-0.1, -0.05) is 49.4 Å². The Kier molecular flexibility index (Phi) is 8.00. The Morgan fingerprint density at radius 3 is 2.58 bits per heavy atom. The van der Waals surface area contributed by atoms with Crippen LogP contribution in [0.3, 0.4) is 0 Å². The van der Waals surface area contributed by atoms with Crippen LogP contribution in [0.4, 0.5) is 0 Å². The van der Waals surface area contributed by atoms with E-state index in [1.807, 2.05) is 74.0 Å². The molecule has 2 amide bonds. The van der Waals surface area contributed by atoms with Gasteiger partial charge in [-0.2, -0.15) is 0 Å². The number of hydrogen-bond donors (Lipinski definition) is 1. The SMILES string of the molecule is C[C@H](CO)N1C[C@H](C)[C@@H](CN(C)C(=O)c2ccncc2)OCc2ccccc2-c2c(n(C)c3ccccc23)C1=O. The van der Waals surface area contributed by atoms with Crippen LogP contribution in [-0.2, 0) is 18.4 Å². The zero-order chi connectivity index (χ0) is 28.4. The van der Waals surface area contributed by atoms with Crippen LogP contribution in [0.25, 0.3) is 22.0 Å². The zero-order valence-corrected chi connectivity index (χ0v) is 23.4. The fraction of sp³-hybridized carbons (Fsp3) is 0.344. The summed E-state index contributed by atoms with van der Waals surface area (Å²) in [6.45, 7) is 4.76. The summed E-state index contributed by atoms with van der Waals surface area (Å²) >= 11 is 0. The van der Waals surface area contributed by atoms with Gasteiger partial charge >= 0.3 is 0 Å². The highest BCUT2D eigenvalue weighted by atomic mass is 16.5. The van der Waals surface area contributed by atoms with Crippen molar-refractivity contribution in [3.05, 3.63) is 89.9 Å². The highest BCUT2D eigenvalue weighted by molar-refractivity contribution is 6.10. The Hall–Kier alpha value is -4.01. The van der Waals surface area contributed by atoms with Crippen molar-refractivity contribution in [2.24, 2.45) is 13.0 Å². The first-order valence-electron chi connectivity index (χ1n) is 13.7. The molecule has 8 nitrogen and oxygen atoms in total. The molecule has 2 aromatic heterocycles. The fourth-order valence-electron chi connectivity index (χ4n) is 5.59. The Morgan fingerprint density at radius 1 is 1.12 bits per heavy atom. The number of rotatable bonds is 5. The molecule has 1 N–H and O–H groups in total. The van der Waals surface area contributed by atoms with E-state index >= 15 is 0 Å². The van der Waals surface area contributed by atoms with Crippen molar-refractivity contribution in [3.63, 3.8) is 0 Å². The van der Waals surface area contributed by atoms with E-state index in [9.17, 15) is 14.7 Å². The summed E-state index contributed by atoms with van der Waals surface area (Å²) in [5.74, 6) is -0.392. The molecule has 4 aromatic rings. The fourth-order valence-corrected chi connectivity index (χ4v) is 5.59. The summed E-state index contributed by atoms with van der Waals surface area (Å²) in [5, 5.41) is 11.2. The molecule has 0 spiro atoms. The maximum atomic E-state index is 14.4. The van der Waals surface area contributed by atoms with Gasteiger partial charge in [0.2, 0.25) is 0 Å². The summed E-state index contributed by atoms with van der Waals surface area (Å²) in [7, 11) is 3.69. The van der Waals surface area contributed by atoms with Crippen LogP contribution < -0.4 is 0 Å². The van der Waals surface area contributed by atoms with Crippen LogP contribution >= 0.6 is 0 Å². The number of aromatic nitrogens is 2. The van der Waals surface area contributed by atoms with E-state index in [1.165, 1.54) is 0 Å². The Balaban J connectivity index is 1.60. The highest BCUT2D eigenvalue weighted by Crippen LogP contribution is 2.38. The molecule has 3 heterocycles. The number of aliphatic hydroxyl groups excluding tert-OH is 1. The Labute approximate surface area is 234 Å². The molecule has 208 valence electrons. The van der Waals surface area contributed by atoms with Crippen LogP contribution in [0, 0.1) is 5.92 Å². The van der Waals surface area contributed by atoms with Crippen LogP contribution in [0.5, 0.6) is 0 Å². The van der Waals surface area contributed by atoms with Crippen molar-refractivity contribution in [2.45, 2.75) is 32.6 Å². The number of hydrogen-bond acceptors (Lipinski definition) is 5. The predicted molar refractivity (Wildman–Crippen MR) is 155 cm³/mol. The van der Waals surface area contributed by atoms with E-state index in [2.05, 4.69) is 4.98 Å². The van der Waals surface area contributed by atoms with E-state index in [0.717, 1.165) is 27.6 Å². The molecule has 40 heavy (non-hydrogen) atoms. The van der Waals surface area contributed by atoms with E-state index in [4.69, 9.17) is 4.74 Å². The minimum atomic E-state index is -0.409. The number of para-hydroxylation sites is 1. The first-order valence-corrected chi connectivity index (χ1v) is 13.7. The molecule has 3 atom stereocenters. The lowest BCUT2D eigenvalue weighted by atomic mass is 9.96. The number of nitrogens with zero attached hydrogens (tertiary/aromatic N) is 4. The van der Waals surface area contributed by atoms with Crippen LogP contribution in [0.2, 0.25) is 0 Å². The van der Waals surface area contributed by atoms with Crippen molar-refractivity contribution in [2.75, 3.05) is 26.7 Å². The number of pyridine rings is 1. The van der Waals surface area contributed by atoms with Crippen molar-refractivity contribution in [1.82, 2.24) is 19.4 Å². The first kappa shape index (κ1) is 27.6. The summed E-state index contributed by atoms with van der Waals surface area (Å²) in [4.78, 5) is 35.0. The quantitative estimate of drug-likeness (QED) is 0.406. The maximum absolute atomic E-state index is 14.4. The average Bonchev–Trinajstić information content (AvgIpc) is 3.28. The molecular formula is C32H36N4O4. The molecule has 0 radical (unpaired) electrons. The van der Waals surface area contributed by atoms with Gasteiger partial charge in [-0.25, -0.2) is 0 Å². The van der Waals surface area contributed by atoms with E-state index in [1.54, 1.807) is 41.4 Å². The molecule has 1 aliphatic rings. The number of ether oxygens (including phenoxy) is 1. The topological polar surface area (TPSA) is 87.9 Å². The van der Waals surface area contributed by atoms with E-state index in [0.29, 0.717) is 31.0 Å². The first-order chi connectivity index (χ1) is 19.3. The minimum absolute atomic E-state index is 0.122. The second kappa shape index (κ2) is 11.6. The van der Waals surface area contributed by atoms with E-state index in [-0.39, 0.29) is 30.4 Å². The van der Waals surface area contributed by atoms with Gasteiger partial charge in [0.05, 0.1) is 25.4 Å². The van der Waals surface area contributed by atoms with Crippen molar-refractivity contribution >= 4 is 22.7 Å². The maximum Gasteiger partial charge on any atom is 0.271 e. The standard InChI is InChI=1S/C32H36N4O4/c1-21-17-36(22(2)19-37)32(39)30-29(26-11-7-8-12-27(26)35(30)4)25-10-6-5-9-24(25)20-40-28(21)18-34(3)31(38)23-13-15-33-16-14-23/h5-16,21-22,28,37H,17-20H2,1-4H3/t21-,22+,28+/m0/s1. The lowest BCUT2D eigenvalue weighted by Gasteiger charge is -2.35. The molecule has 0 fully saturated rings. The monoisotopic (exact) mass is 540 g/mol. The van der Waals surface area contributed by atoms with Gasteiger partial charge in [0.1, 0.15) is 5.69 Å². The van der Waals surface area contributed by atoms with Gasteiger partial charge in [-0.05, 0) is 36.2 Å². The third-order valence-corrected chi connectivity index (χ3v) is 7.95. The number of carbonyl (C=O) groups excluding carboxylic acids is 2. The van der Waals surface area contributed by atoms with Crippen molar-refractivity contribution in [1.29, 1.82) is 0 Å². The summed E-state index contributed by atoms with van der Waals surface area (Å²) in [6.07, 6.45) is 2.85. The number of aliphatic hydroxyl groups is 1. The number of aryl methyl sites for hydroxylation is 1. The molecular weight excluding hydrogens is 504 g/mol. The molecule has 0 saturated heterocycles. The Bertz CT molecular complexity index is 1520. The zero-order valence-electron chi connectivity index (χ0n) is 23.4. The molecule has 0 aliphatic carbocycles. The molecule has 0 saturated carbocycles. The van der Waals surface area contributed by atoms with Gasteiger partial charge in [0.15, 0.2) is 0 Å². The normalized spacial score (nSPS) is 18.5. The average molecular weight is 541 g/mol. The number of fused-ring (bicyclic) bond motifs is 5. The van der Waals surface area contributed by atoms with Gasteiger partial charge < -0.3 is 24.2 Å². The third-order valence-electron chi connectivity index (χ3n) is 7.95. The predicted octanol–water partition coefficient (Wildman–Crippen LogP) is 4.37. The smallest absolute Gasteiger partial charge is 0.271 e. The largest absolute Gasteiger partial charge is 0.394 e. The second-order valence-electron chi connectivity index (χ2n) is 10.7. The highest BCUT2D eigenvalue weighted by Gasteiger charge is 2.34. The van der Waals surface area contributed by atoms with Crippen LogP contribution in [-0.4, -0.2) is 75.2 Å². The van der Waals surface area contributed by atoms with Crippen molar-refractivity contribution in [3.8, 4) is 11.1 Å². The van der Waals surface area contributed by atoms with E-state index < -0.39 is 6.04 Å². The molecule has 0 bridgehead atoms. The number of amides is 2. The minimum Gasteiger partial charge on any atom is -0.394 e. The molecule has 8 heteroatoms.